The van der Waals surface area contributed by atoms with Gasteiger partial charge < -0.3 is 5.32 Å². The predicted molar refractivity (Wildman–Crippen MR) is 109 cm³/mol. The van der Waals surface area contributed by atoms with Crippen LogP contribution in [0.15, 0.2) is 42.5 Å². The lowest BCUT2D eigenvalue weighted by atomic mass is 9.94. The van der Waals surface area contributed by atoms with Gasteiger partial charge in [0.25, 0.3) is 5.91 Å². The molecular formula is C22H27ClN2O. The van der Waals surface area contributed by atoms with E-state index in [-0.39, 0.29) is 5.91 Å². The van der Waals surface area contributed by atoms with E-state index >= 15 is 0 Å². The van der Waals surface area contributed by atoms with Crippen molar-refractivity contribution >= 4 is 23.2 Å². The third-order valence-electron chi connectivity index (χ3n) is 5.28. The molecule has 0 heterocycles. The molecular weight excluding hydrogens is 344 g/mol. The number of halogens is 1. The van der Waals surface area contributed by atoms with Gasteiger partial charge in [0.2, 0.25) is 0 Å². The van der Waals surface area contributed by atoms with E-state index in [0.717, 1.165) is 17.8 Å². The largest absolute Gasteiger partial charge is 0.322 e. The van der Waals surface area contributed by atoms with E-state index < -0.39 is 0 Å². The molecule has 0 radical (unpaired) electrons. The van der Waals surface area contributed by atoms with Gasteiger partial charge in [-0.05, 0) is 62.2 Å². The van der Waals surface area contributed by atoms with Crippen LogP contribution in [-0.4, -0.2) is 23.9 Å². The van der Waals surface area contributed by atoms with Crippen LogP contribution in [0.3, 0.4) is 0 Å². The first-order chi connectivity index (χ1) is 12.5. The SMILES string of the molecule is Cc1ccc(C(=O)Nc2ccc(CN(C)C3CCCCC3)cc2)cc1Cl. The van der Waals surface area contributed by atoms with Gasteiger partial charge in [0.1, 0.15) is 0 Å². The Labute approximate surface area is 161 Å². The van der Waals surface area contributed by atoms with Crippen molar-refractivity contribution in [3.8, 4) is 0 Å². The first-order valence-corrected chi connectivity index (χ1v) is 9.77. The molecule has 0 bridgehead atoms. The lowest BCUT2D eigenvalue weighted by Crippen LogP contribution is -2.32. The van der Waals surface area contributed by atoms with Crippen molar-refractivity contribution in [2.24, 2.45) is 0 Å². The second-order valence-corrected chi connectivity index (χ2v) is 7.73. The zero-order valence-electron chi connectivity index (χ0n) is 15.6. The highest BCUT2D eigenvalue weighted by Gasteiger charge is 2.17. The third-order valence-corrected chi connectivity index (χ3v) is 5.68. The van der Waals surface area contributed by atoms with Crippen LogP contribution in [0.5, 0.6) is 0 Å². The molecule has 26 heavy (non-hydrogen) atoms. The summed E-state index contributed by atoms with van der Waals surface area (Å²) in [5.41, 5.74) is 3.61. The molecule has 0 unspecified atom stereocenters. The van der Waals surface area contributed by atoms with Crippen molar-refractivity contribution in [3.63, 3.8) is 0 Å². The van der Waals surface area contributed by atoms with Gasteiger partial charge in [-0.15, -0.1) is 0 Å². The summed E-state index contributed by atoms with van der Waals surface area (Å²) in [6.45, 7) is 2.87. The molecule has 0 atom stereocenters. The van der Waals surface area contributed by atoms with Crippen molar-refractivity contribution in [1.29, 1.82) is 0 Å². The van der Waals surface area contributed by atoms with E-state index in [0.29, 0.717) is 16.6 Å². The van der Waals surface area contributed by atoms with E-state index in [4.69, 9.17) is 11.6 Å². The fourth-order valence-electron chi connectivity index (χ4n) is 3.57. The number of hydrogen-bond donors (Lipinski definition) is 1. The van der Waals surface area contributed by atoms with Crippen LogP contribution >= 0.6 is 11.6 Å². The molecule has 138 valence electrons. The molecule has 1 saturated carbocycles. The number of carbonyl (C=O) groups excluding carboxylic acids is 1. The van der Waals surface area contributed by atoms with Gasteiger partial charge in [-0.3, -0.25) is 9.69 Å². The second kappa shape index (κ2) is 8.70. The van der Waals surface area contributed by atoms with Gasteiger partial charge >= 0.3 is 0 Å². The third kappa shape index (κ3) is 4.87. The first-order valence-electron chi connectivity index (χ1n) is 9.39. The van der Waals surface area contributed by atoms with Gasteiger partial charge in [0, 0.05) is 28.9 Å². The standard InChI is InChI=1S/C22H27ClN2O/c1-16-8-11-18(14-21(16)23)22(26)24-19-12-9-17(10-13-19)15-25(2)20-6-4-3-5-7-20/h8-14,20H,3-7,15H2,1-2H3,(H,24,26). The average molecular weight is 371 g/mol. The smallest absolute Gasteiger partial charge is 0.255 e. The summed E-state index contributed by atoms with van der Waals surface area (Å²) >= 11 is 6.11. The van der Waals surface area contributed by atoms with Gasteiger partial charge in [-0.2, -0.15) is 0 Å². The maximum atomic E-state index is 12.4. The number of nitrogens with zero attached hydrogens (tertiary/aromatic N) is 1. The lowest BCUT2D eigenvalue weighted by molar-refractivity contribution is 0.102. The molecule has 0 aliphatic heterocycles. The minimum Gasteiger partial charge on any atom is -0.322 e. The zero-order valence-corrected chi connectivity index (χ0v) is 16.4. The Balaban J connectivity index is 1.58. The topological polar surface area (TPSA) is 32.3 Å². The summed E-state index contributed by atoms with van der Waals surface area (Å²) in [6.07, 6.45) is 6.70. The van der Waals surface area contributed by atoms with Crippen molar-refractivity contribution in [2.45, 2.75) is 51.6 Å². The summed E-state index contributed by atoms with van der Waals surface area (Å²) in [4.78, 5) is 14.8. The summed E-state index contributed by atoms with van der Waals surface area (Å²) in [6, 6.07) is 14.2. The fraction of sp³-hybridized carbons (Fsp3) is 0.409. The molecule has 0 spiro atoms. The Morgan fingerprint density at radius 2 is 1.81 bits per heavy atom. The van der Waals surface area contributed by atoms with Crippen LogP contribution < -0.4 is 5.32 Å². The molecule has 1 amide bonds. The molecule has 1 aliphatic rings. The first kappa shape index (κ1) is 18.9. The molecule has 2 aromatic carbocycles. The van der Waals surface area contributed by atoms with Crippen LogP contribution in [-0.2, 0) is 6.54 Å². The molecule has 3 nitrogen and oxygen atoms in total. The summed E-state index contributed by atoms with van der Waals surface area (Å²) in [7, 11) is 2.22. The Hall–Kier alpha value is -1.84. The minimum atomic E-state index is -0.140. The number of aryl methyl sites for hydroxylation is 1. The Morgan fingerprint density at radius 3 is 2.46 bits per heavy atom. The zero-order chi connectivity index (χ0) is 18.5. The second-order valence-electron chi connectivity index (χ2n) is 7.32. The summed E-state index contributed by atoms with van der Waals surface area (Å²) < 4.78 is 0. The van der Waals surface area contributed by atoms with E-state index in [1.54, 1.807) is 12.1 Å². The van der Waals surface area contributed by atoms with Crippen molar-refractivity contribution in [1.82, 2.24) is 4.90 Å². The van der Waals surface area contributed by atoms with Gasteiger partial charge in [-0.1, -0.05) is 49.1 Å². The monoisotopic (exact) mass is 370 g/mol. The van der Waals surface area contributed by atoms with Crippen LogP contribution in [0.4, 0.5) is 5.69 Å². The molecule has 1 fully saturated rings. The number of carbonyl (C=O) groups is 1. The number of nitrogens with one attached hydrogen (secondary N) is 1. The Bertz CT molecular complexity index is 751. The van der Waals surface area contributed by atoms with Gasteiger partial charge in [-0.25, -0.2) is 0 Å². The van der Waals surface area contributed by atoms with E-state index in [1.807, 2.05) is 25.1 Å². The maximum absolute atomic E-state index is 12.4. The highest BCUT2D eigenvalue weighted by molar-refractivity contribution is 6.31. The fourth-order valence-corrected chi connectivity index (χ4v) is 3.75. The quantitative estimate of drug-likeness (QED) is 0.735. The summed E-state index contributed by atoms with van der Waals surface area (Å²) in [5, 5.41) is 3.55. The number of benzene rings is 2. The number of rotatable bonds is 5. The van der Waals surface area contributed by atoms with Gasteiger partial charge in [0.15, 0.2) is 0 Å². The average Bonchev–Trinajstić information content (AvgIpc) is 2.66. The lowest BCUT2D eigenvalue weighted by Gasteiger charge is -2.31. The Morgan fingerprint density at radius 1 is 1.12 bits per heavy atom. The molecule has 1 aliphatic carbocycles. The van der Waals surface area contributed by atoms with E-state index in [2.05, 4.69) is 29.4 Å². The molecule has 1 N–H and O–H groups in total. The van der Waals surface area contributed by atoms with Crippen LogP contribution in [0, 0.1) is 6.92 Å². The minimum absolute atomic E-state index is 0.140. The number of hydrogen-bond acceptors (Lipinski definition) is 2. The van der Waals surface area contributed by atoms with E-state index in [1.165, 1.54) is 37.7 Å². The van der Waals surface area contributed by atoms with Crippen LogP contribution in [0.2, 0.25) is 5.02 Å². The normalized spacial score (nSPS) is 15.2. The Kier molecular flexibility index (Phi) is 6.33. The highest BCUT2D eigenvalue weighted by atomic mass is 35.5. The number of amides is 1. The molecule has 0 saturated heterocycles. The highest BCUT2D eigenvalue weighted by Crippen LogP contribution is 2.23. The molecule has 3 rings (SSSR count). The number of anilines is 1. The van der Waals surface area contributed by atoms with Crippen molar-refractivity contribution in [2.75, 3.05) is 12.4 Å². The van der Waals surface area contributed by atoms with E-state index in [9.17, 15) is 4.79 Å². The van der Waals surface area contributed by atoms with Crippen molar-refractivity contribution in [3.05, 3.63) is 64.2 Å². The van der Waals surface area contributed by atoms with Crippen molar-refractivity contribution < 1.29 is 4.79 Å². The summed E-state index contributed by atoms with van der Waals surface area (Å²) in [5.74, 6) is -0.140. The predicted octanol–water partition coefficient (Wildman–Crippen LogP) is 5.67. The van der Waals surface area contributed by atoms with Crippen LogP contribution in [0.1, 0.15) is 53.6 Å². The molecule has 4 heteroatoms. The van der Waals surface area contributed by atoms with Crippen LogP contribution in [0.25, 0.3) is 0 Å². The maximum Gasteiger partial charge on any atom is 0.255 e. The molecule has 0 aromatic heterocycles. The van der Waals surface area contributed by atoms with Gasteiger partial charge in [0.05, 0.1) is 0 Å². The molecule has 2 aromatic rings.